The van der Waals surface area contributed by atoms with Gasteiger partial charge in [-0.05, 0) is 33.6 Å². The van der Waals surface area contributed by atoms with Crippen LogP contribution in [0.4, 0.5) is 4.79 Å². The molecule has 1 N–H and O–H groups in total. The van der Waals surface area contributed by atoms with Crippen LogP contribution in [-0.2, 0) is 4.74 Å². The summed E-state index contributed by atoms with van der Waals surface area (Å²) in [6.07, 6.45) is 12.3. The van der Waals surface area contributed by atoms with Crippen molar-refractivity contribution in [3.05, 3.63) is 0 Å². The van der Waals surface area contributed by atoms with Crippen LogP contribution in [-0.4, -0.2) is 24.1 Å². The summed E-state index contributed by atoms with van der Waals surface area (Å²) in [5.74, 6) is 0.803. The molecule has 0 spiro atoms. The summed E-state index contributed by atoms with van der Waals surface area (Å²) < 4.78 is 5.18. The van der Waals surface area contributed by atoms with E-state index in [0.29, 0.717) is 6.54 Å². The minimum absolute atomic E-state index is 0.306. The standard InChI is InChI=1S/C17H34ClNO2/c1-17(2,3)21-16(20)19-15-13-11-9-7-5-4-6-8-10-12-14-18/h4-15H2,1-3H3,(H,19,20). The van der Waals surface area contributed by atoms with E-state index in [9.17, 15) is 4.79 Å². The number of carbonyl (C=O) groups excluding carboxylic acids is 1. The number of hydrogen-bond acceptors (Lipinski definition) is 2. The van der Waals surface area contributed by atoms with Crippen molar-refractivity contribution in [2.75, 3.05) is 12.4 Å². The van der Waals surface area contributed by atoms with Gasteiger partial charge in [0.2, 0.25) is 0 Å². The summed E-state index contributed by atoms with van der Waals surface area (Å²) in [4.78, 5) is 11.4. The lowest BCUT2D eigenvalue weighted by Crippen LogP contribution is -2.32. The maximum Gasteiger partial charge on any atom is 0.407 e. The zero-order valence-electron chi connectivity index (χ0n) is 14.2. The largest absolute Gasteiger partial charge is 0.444 e. The molecule has 21 heavy (non-hydrogen) atoms. The van der Waals surface area contributed by atoms with Crippen LogP contribution < -0.4 is 5.32 Å². The predicted molar refractivity (Wildman–Crippen MR) is 91.1 cm³/mol. The number of hydrogen-bond donors (Lipinski definition) is 1. The van der Waals surface area contributed by atoms with Crippen molar-refractivity contribution < 1.29 is 9.53 Å². The van der Waals surface area contributed by atoms with Crippen molar-refractivity contribution in [2.45, 2.75) is 90.6 Å². The van der Waals surface area contributed by atoms with Gasteiger partial charge in [-0.2, -0.15) is 0 Å². The number of alkyl carbamates (subject to hydrolysis) is 1. The molecule has 0 saturated heterocycles. The third-order valence-corrected chi connectivity index (χ3v) is 3.50. The maximum atomic E-state index is 11.4. The van der Waals surface area contributed by atoms with E-state index in [1.165, 1.54) is 51.4 Å². The molecule has 0 aromatic rings. The molecule has 0 unspecified atom stereocenters. The zero-order chi connectivity index (χ0) is 16.0. The Labute approximate surface area is 136 Å². The van der Waals surface area contributed by atoms with Crippen molar-refractivity contribution in [1.82, 2.24) is 5.32 Å². The highest BCUT2D eigenvalue weighted by Crippen LogP contribution is 2.11. The number of halogens is 1. The van der Waals surface area contributed by atoms with Gasteiger partial charge in [-0.3, -0.25) is 0 Å². The van der Waals surface area contributed by atoms with Crippen LogP contribution in [0.5, 0.6) is 0 Å². The minimum Gasteiger partial charge on any atom is -0.444 e. The van der Waals surface area contributed by atoms with Crippen molar-refractivity contribution in [3.8, 4) is 0 Å². The molecule has 0 aliphatic rings. The lowest BCUT2D eigenvalue weighted by Gasteiger charge is -2.19. The summed E-state index contributed by atoms with van der Waals surface area (Å²) >= 11 is 5.64. The Morgan fingerprint density at radius 2 is 1.29 bits per heavy atom. The van der Waals surface area contributed by atoms with E-state index >= 15 is 0 Å². The van der Waals surface area contributed by atoms with E-state index in [0.717, 1.165) is 18.7 Å². The summed E-state index contributed by atoms with van der Waals surface area (Å²) in [5, 5.41) is 2.80. The number of amides is 1. The third-order valence-electron chi connectivity index (χ3n) is 3.23. The number of alkyl halides is 1. The Balaban J connectivity index is 3.17. The van der Waals surface area contributed by atoms with E-state index in [-0.39, 0.29) is 6.09 Å². The van der Waals surface area contributed by atoms with Crippen LogP contribution in [0, 0.1) is 0 Å². The average Bonchev–Trinajstić information content (AvgIpc) is 2.38. The predicted octanol–water partition coefficient (Wildman–Crippen LogP) is 5.65. The van der Waals surface area contributed by atoms with E-state index in [1.54, 1.807) is 0 Å². The van der Waals surface area contributed by atoms with Gasteiger partial charge in [-0.25, -0.2) is 4.79 Å². The smallest absolute Gasteiger partial charge is 0.407 e. The van der Waals surface area contributed by atoms with Crippen molar-refractivity contribution in [1.29, 1.82) is 0 Å². The van der Waals surface area contributed by atoms with Gasteiger partial charge < -0.3 is 10.1 Å². The average molecular weight is 320 g/mol. The van der Waals surface area contributed by atoms with Crippen LogP contribution in [0.25, 0.3) is 0 Å². The summed E-state index contributed by atoms with van der Waals surface area (Å²) in [7, 11) is 0. The van der Waals surface area contributed by atoms with E-state index in [2.05, 4.69) is 5.32 Å². The second kappa shape index (κ2) is 13.2. The van der Waals surface area contributed by atoms with Gasteiger partial charge in [-0.15, -0.1) is 11.6 Å². The summed E-state index contributed by atoms with van der Waals surface area (Å²) in [6.45, 7) is 6.35. The van der Waals surface area contributed by atoms with Gasteiger partial charge in [-0.1, -0.05) is 51.4 Å². The van der Waals surface area contributed by atoms with Crippen molar-refractivity contribution >= 4 is 17.7 Å². The number of ether oxygens (including phenoxy) is 1. The second-order valence-electron chi connectivity index (χ2n) is 6.65. The molecule has 0 atom stereocenters. The summed E-state index contributed by atoms with van der Waals surface area (Å²) in [6, 6.07) is 0. The van der Waals surface area contributed by atoms with Gasteiger partial charge in [0.25, 0.3) is 0 Å². The second-order valence-corrected chi connectivity index (χ2v) is 7.03. The fourth-order valence-corrected chi connectivity index (χ4v) is 2.33. The highest BCUT2D eigenvalue weighted by Gasteiger charge is 2.15. The molecule has 1 amide bonds. The van der Waals surface area contributed by atoms with E-state index < -0.39 is 5.60 Å². The van der Waals surface area contributed by atoms with Crippen molar-refractivity contribution in [3.63, 3.8) is 0 Å². The van der Waals surface area contributed by atoms with Crippen LogP contribution in [0.3, 0.4) is 0 Å². The Morgan fingerprint density at radius 1 is 0.857 bits per heavy atom. The van der Waals surface area contributed by atoms with Crippen LogP contribution in [0.1, 0.15) is 85.0 Å². The normalized spacial score (nSPS) is 11.4. The van der Waals surface area contributed by atoms with E-state index in [1.807, 2.05) is 20.8 Å². The lowest BCUT2D eigenvalue weighted by molar-refractivity contribution is 0.0527. The highest BCUT2D eigenvalue weighted by atomic mass is 35.5. The fourth-order valence-electron chi connectivity index (χ4n) is 2.14. The Kier molecular flexibility index (Phi) is 13.0. The molecule has 0 fully saturated rings. The minimum atomic E-state index is -0.409. The molecule has 0 aliphatic carbocycles. The lowest BCUT2D eigenvalue weighted by atomic mass is 10.1. The molecule has 0 aliphatic heterocycles. The molecule has 4 heteroatoms. The first-order valence-electron chi connectivity index (χ1n) is 8.48. The fraction of sp³-hybridized carbons (Fsp3) is 0.941. The molecular formula is C17H34ClNO2. The highest BCUT2D eigenvalue weighted by molar-refractivity contribution is 6.17. The molecule has 0 rings (SSSR count). The first-order valence-corrected chi connectivity index (χ1v) is 9.02. The number of carbonyl (C=O) groups is 1. The number of rotatable bonds is 12. The molecule has 0 heterocycles. The van der Waals surface area contributed by atoms with Crippen LogP contribution in [0.15, 0.2) is 0 Å². The summed E-state index contributed by atoms with van der Waals surface area (Å²) in [5.41, 5.74) is -0.409. The topological polar surface area (TPSA) is 38.3 Å². The monoisotopic (exact) mass is 319 g/mol. The van der Waals surface area contributed by atoms with Gasteiger partial charge >= 0.3 is 6.09 Å². The van der Waals surface area contributed by atoms with Gasteiger partial charge in [0.15, 0.2) is 0 Å². The third kappa shape index (κ3) is 17.5. The number of unbranched alkanes of at least 4 members (excludes halogenated alkanes) is 9. The molecule has 0 aromatic carbocycles. The quantitative estimate of drug-likeness (QED) is 0.373. The Bertz CT molecular complexity index is 252. The molecule has 0 bridgehead atoms. The molecule has 3 nitrogen and oxygen atoms in total. The molecule has 0 radical (unpaired) electrons. The van der Waals surface area contributed by atoms with Gasteiger partial charge in [0.05, 0.1) is 0 Å². The Hall–Kier alpha value is -0.440. The van der Waals surface area contributed by atoms with Gasteiger partial charge in [0.1, 0.15) is 5.60 Å². The van der Waals surface area contributed by atoms with Crippen LogP contribution >= 0.6 is 11.6 Å². The number of nitrogens with one attached hydrogen (secondary N) is 1. The van der Waals surface area contributed by atoms with E-state index in [4.69, 9.17) is 16.3 Å². The molecule has 0 aromatic heterocycles. The first-order chi connectivity index (χ1) is 9.95. The SMILES string of the molecule is CC(C)(C)OC(=O)NCCCCCCCCCCCCCl. The molecule has 126 valence electrons. The van der Waals surface area contributed by atoms with Crippen LogP contribution in [0.2, 0.25) is 0 Å². The molecular weight excluding hydrogens is 286 g/mol. The zero-order valence-corrected chi connectivity index (χ0v) is 14.9. The molecule has 0 saturated carbocycles. The maximum absolute atomic E-state index is 11.4. The first kappa shape index (κ1) is 20.6. The Morgan fingerprint density at radius 3 is 1.71 bits per heavy atom. The van der Waals surface area contributed by atoms with Crippen molar-refractivity contribution in [2.24, 2.45) is 0 Å². The van der Waals surface area contributed by atoms with Gasteiger partial charge in [0, 0.05) is 12.4 Å².